The maximum absolute atomic E-state index is 5.09. The zero-order valence-electron chi connectivity index (χ0n) is 10.9. The van der Waals surface area contributed by atoms with Crippen molar-refractivity contribution in [2.75, 3.05) is 39.9 Å². The van der Waals surface area contributed by atoms with E-state index in [0.29, 0.717) is 6.04 Å². The molecule has 1 atom stereocenters. The molecule has 0 spiro atoms. The number of nitrogens with zero attached hydrogens (tertiary/aromatic N) is 1. The van der Waals surface area contributed by atoms with Gasteiger partial charge in [-0.1, -0.05) is 13.8 Å². The lowest BCUT2D eigenvalue weighted by atomic mass is 10.2. The first-order chi connectivity index (χ1) is 7.24. The lowest BCUT2D eigenvalue weighted by Crippen LogP contribution is -2.30. The van der Waals surface area contributed by atoms with Crippen molar-refractivity contribution in [2.24, 2.45) is 0 Å². The Morgan fingerprint density at radius 3 is 2.53 bits per heavy atom. The van der Waals surface area contributed by atoms with Crippen LogP contribution in [0.25, 0.3) is 0 Å². The second kappa shape index (κ2) is 10.4. The monoisotopic (exact) mass is 216 g/mol. The molecule has 0 amide bonds. The zero-order valence-corrected chi connectivity index (χ0v) is 10.9. The minimum absolute atomic E-state index is 0.649. The SMILES string of the molecule is CCNC(C)CCCN(CC)CCOC. The molecule has 3 nitrogen and oxygen atoms in total. The first kappa shape index (κ1) is 14.9. The number of rotatable bonds is 10. The number of nitrogens with one attached hydrogen (secondary N) is 1. The van der Waals surface area contributed by atoms with Crippen LogP contribution in [0, 0.1) is 0 Å². The maximum Gasteiger partial charge on any atom is 0.0589 e. The average molecular weight is 216 g/mol. The van der Waals surface area contributed by atoms with Crippen LogP contribution in [0.2, 0.25) is 0 Å². The molecule has 0 bridgehead atoms. The number of methoxy groups -OCH3 is 1. The van der Waals surface area contributed by atoms with Crippen molar-refractivity contribution in [3.05, 3.63) is 0 Å². The number of hydrogen-bond acceptors (Lipinski definition) is 3. The van der Waals surface area contributed by atoms with Crippen molar-refractivity contribution in [1.29, 1.82) is 0 Å². The molecule has 0 aromatic rings. The van der Waals surface area contributed by atoms with Crippen LogP contribution in [0.5, 0.6) is 0 Å². The molecule has 0 saturated heterocycles. The van der Waals surface area contributed by atoms with Crippen LogP contribution in [0.15, 0.2) is 0 Å². The molecule has 0 aromatic carbocycles. The van der Waals surface area contributed by atoms with Gasteiger partial charge in [0.25, 0.3) is 0 Å². The third-order valence-electron chi connectivity index (χ3n) is 2.72. The molecule has 0 fully saturated rings. The largest absolute Gasteiger partial charge is 0.383 e. The lowest BCUT2D eigenvalue weighted by Gasteiger charge is -2.21. The topological polar surface area (TPSA) is 24.5 Å². The Labute approximate surface area is 95.2 Å². The minimum Gasteiger partial charge on any atom is -0.383 e. The second-order valence-electron chi connectivity index (χ2n) is 4.03. The summed E-state index contributed by atoms with van der Waals surface area (Å²) in [6, 6.07) is 0.649. The summed E-state index contributed by atoms with van der Waals surface area (Å²) in [6.45, 7) is 11.9. The van der Waals surface area contributed by atoms with Crippen molar-refractivity contribution in [2.45, 2.75) is 39.7 Å². The van der Waals surface area contributed by atoms with E-state index < -0.39 is 0 Å². The average Bonchev–Trinajstić information content (AvgIpc) is 2.23. The zero-order chi connectivity index (χ0) is 11.5. The van der Waals surface area contributed by atoms with Crippen molar-refractivity contribution in [3.8, 4) is 0 Å². The fraction of sp³-hybridized carbons (Fsp3) is 1.00. The third-order valence-corrected chi connectivity index (χ3v) is 2.72. The summed E-state index contributed by atoms with van der Waals surface area (Å²) in [5.41, 5.74) is 0. The molecule has 0 aliphatic heterocycles. The van der Waals surface area contributed by atoms with Gasteiger partial charge in [-0.25, -0.2) is 0 Å². The molecule has 0 heterocycles. The normalized spacial score (nSPS) is 13.4. The quantitative estimate of drug-likeness (QED) is 0.602. The van der Waals surface area contributed by atoms with Crippen LogP contribution in [-0.2, 0) is 4.74 Å². The van der Waals surface area contributed by atoms with E-state index in [0.717, 1.165) is 26.2 Å². The molecule has 0 rings (SSSR count). The van der Waals surface area contributed by atoms with Gasteiger partial charge in [0.05, 0.1) is 6.61 Å². The summed E-state index contributed by atoms with van der Waals surface area (Å²) in [6.07, 6.45) is 2.53. The van der Waals surface area contributed by atoms with Gasteiger partial charge in [-0.2, -0.15) is 0 Å². The molecule has 0 radical (unpaired) electrons. The summed E-state index contributed by atoms with van der Waals surface area (Å²) < 4.78 is 5.09. The second-order valence-corrected chi connectivity index (χ2v) is 4.03. The van der Waals surface area contributed by atoms with Crippen LogP contribution in [-0.4, -0.2) is 50.8 Å². The van der Waals surface area contributed by atoms with Crippen molar-refractivity contribution >= 4 is 0 Å². The van der Waals surface area contributed by atoms with E-state index in [-0.39, 0.29) is 0 Å². The molecule has 1 unspecified atom stereocenters. The van der Waals surface area contributed by atoms with Crippen LogP contribution >= 0.6 is 0 Å². The van der Waals surface area contributed by atoms with E-state index in [9.17, 15) is 0 Å². The molecule has 0 aromatic heterocycles. The Kier molecular flexibility index (Phi) is 10.3. The number of hydrogen-bond donors (Lipinski definition) is 1. The van der Waals surface area contributed by atoms with Gasteiger partial charge >= 0.3 is 0 Å². The van der Waals surface area contributed by atoms with Gasteiger partial charge < -0.3 is 15.0 Å². The Morgan fingerprint density at radius 1 is 1.27 bits per heavy atom. The highest BCUT2D eigenvalue weighted by atomic mass is 16.5. The predicted octanol–water partition coefficient (Wildman–Crippen LogP) is 1.73. The maximum atomic E-state index is 5.09. The van der Waals surface area contributed by atoms with Gasteiger partial charge in [-0.15, -0.1) is 0 Å². The van der Waals surface area contributed by atoms with Crippen molar-refractivity contribution < 1.29 is 4.74 Å². The molecule has 0 aliphatic rings. The Balaban J connectivity index is 3.44. The van der Waals surface area contributed by atoms with Gasteiger partial charge in [0, 0.05) is 19.7 Å². The smallest absolute Gasteiger partial charge is 0.0589 e. The molecular weight excluding hydrogens is 188 g/mol. The first-order valence-electron chi connectivity index (χ1n) is 6.19. The molecule has 0 saturated carbocycles. The number of likely N-dealkylation sites (N-methyl/N-ethyl adjacent to an activating group) is 1. The summed E-state index contributed by atoms with van der Waals surface area (Å²) in [4.78, 5) is 2.45. The first-order valence-corrected chi connectivity index (χ1v) is 6.19. The predicted molar refractivity (Wildman–Crippen MR) is 66.4 cm³/mol. The van der Waals surface area contributed by atoms with E-state index in [1.165, 1.54) is 19.4 Å². The highest BCUT2D eigenvalue weighted by molar-refractivity contribution is 4.62. The van der Waals surface area contributed by atoms with Crippen molar-refractivity contribution in [1.82, 2.24) is 10.2 Å². The van der Waals surface area contributed by atoms with E-state index in [1.807, 2.05) is 0 Å². The fourth-order valence-corrected chi connectivity index (χ4v) is 1.72. The van der Waals surface area contributed by atoms with Crippen molar-refractivity contribution in [3.63, 3.8) is 0 Å². The van der Waals surface area contributed by atoms with Gasteiger partial charge in [-0.05, 0) is 39.4 Å². The highest BCUT2D eigenvalue weighted by Gasteiger charge is 2.03. The van der Waals surface area contributed by atoms with Gasteiger partial charge in [0.2, 0.25) is 0 Å². The number of ether oxygens (including phenoxy) is 1. The van der Waals surface area contributed by atoms with E-state index >= 15 is 0 Å². The molecule has 3 heteroatoms. The Hall–Kier alpha value is -0.120. The summed E-state index contributed by atoms with van der Waals surface area (Å²) in [5.74, 6) is 0. The van der Waals surface area contributed by atoms with Gasteiger partial charge in [-0.3, -0.25) is 0 Å². The summed E-state index contributed by atoms with van der Waals surface area (Å²) >= 11 is 0. The fourth-order valence-electron chi connectivity index (χ4n) is 1.72. The molecule has 0 aliphatic carbocycles. The molecule has 1 N–H and O–H groups in total. The van der Waals surface area contributed by atoms with Crippen LogP contribution in [0.3, 0.4) is 0 Å². The molecule has 15 heavy (non-hydrogen) atoms. The van der Waals surface area contributed by atoms with Gasteiger partial charge in [0.1, 0.15) is 0 Å². The van der Waals surface area contributed by atoms with Crippen LogP contribution in [0.1, 0.15) is 33.6 Å². The third kappa shape index (κ3) is 8.85. The Bertz CT molecular complexity index is 131. The van der Waals surface area contributed by atoms with E-state index in [1.54, 1.807) is 7.11 Å². The molecular formula is C12H28N2O. The summed E-state index contributed by atoms with van der Waals surface area (Å²) in [7, 11) is 1.76. The minimum atomic E-state index is 0.649. The summed E-state index contributed by atoms with van der Waals surface area (Å²) in [5, 5.41) is 3.44. The lowest BCUT2D eigenvalue weighted by molar-refractivity contribution is 0.149. The van der Waals surface area contributed by atoms with E-state index in [4.69, 9.17) is 4.74 Å². The van der Waals surface area contributed by atoms with E-state index in [2.05, 4.69) is 31.0 Å². The van der Waals surface area contributed by atoms with Crippen LogP contribution in [0.4, 0.5) is 0 Å². The standard InChI is InChI=1S/C12H28N2O/c1-5-13-12(3)8-7-9-14(6-2)10-11-15-4/h12-13H,5-11H2,1-4H3. The Morgan fingerprint density at radius 2 is 2.00 bits per heavy atom. The van der Waals surface area contributed by atoms with Crippen LogP contribution < -0.4 is 5.32 Å². The highest BCUT2D eigenvalue weighted by Crippen LogP contribution is 1.99. The van der Waals surface area contributed by atoms with Gasteiger partial charge in [0.15, 0.2) is 0 Å². The molecule has 92 valence electrons.